The maximum absolute atomic E-state index is 10.8. The van der Waals surface area contributed by atoms with Crippen LogP contribution in [0.4, 0.5) is 0 Å². The lowest BCUT2D eigenvalue weighted by molar-refractivity contribution is -0.147. The molecule has 0 aromatic carbocycles. The van der Waals surface area contributed by atoms with Crippen LogP contribution >= 0.6 is 31.9 Å². The summed E-state index contributed by atoms with van der Waals surface area (Å²) >= 11 is 6.98. The van der Waals surface area contributed by atoms with Crippen LogP contribution in [0.1, 0.15) is 20.3 Å². The fourth-order valence-corrected chi connectivity index (χ4v) is 3.12. The monoisotopic (exact) mass is 356 g/mol. The van der Waals surface area contributed by atoms with Crippen molar-refractivity contribution in [1.29, 1.82) is 0 Å². The van der Waals surface area contributed by atoms with Crippen molar-refractivity contribution in [2.75, 3.05) is 18.5 Å². The third-order valence-electron chi connectivity index (χ3n) is 2.76. The van der Waals surface area contributed by atoms with Gasteiger partial charge in [-0.1, -0.05) is 31.9 Å². The van der Waals surface area contributed by atoms with E-state index in [1.165, 1.54) is 13.8 Å². The summed E-state index contributed by atoms with van der Waals surface area (Å²) in [4.78, 5) is 21.6. The average molecular weight is 358 g/mol. The summed E-state index contributed by atoms with van der Waals surface area (Å²) in [5.41, 5.74) is -0.298. The SMILES string of the molecule is CC(=O)OCC1(COC(C)=O)CC1(Br)CBr. The van der Waals surface area contributed by atoms with Crippen LogP contribution in [0.15, 0.2) is 0 Å². The highest BCUT2D eigenvalue weighted by Gasteiger charge is 2.67. The van der Waals surface area contributed by atoms with E-state index in [0.717, 1.165) is 11.8 Å². The summed E-state index contributed by atoms with van der Waals surface area (Å²) in [6, 6.07) is 0. The molecule has 0 spiro atoms. The number of hydrogen-bond donors (Lipinski definition) is 0. The van der Waals surface area contributed by atoms with Crippen LogP contribution in [0, 0.1) is 5.41 Å². The Morgan fingerprint density at radius 1 is 1.19 bits per heavy atom. The average Bonchev–Trinajstić information content (AvgIpc) is 2.80. The van der Waals surface area contributed by atoms with E-state index in [1.807, 2.05) is 0 Å². The second-order valence-electron chi connectivity index (χ2n) is 4.12. The summed E-state index contributed by atoms with van der Waals surface area (Å²) in [6.07, 6.45) is 0.811. The number of esters is 2. The molecule has 1 unspecified atom stereocenters. The van der Waals surface area contributed by atoms with Crippen molar-refractivity contribution in [2.45, 2.75) is 24.6 Å². The zero-order valence-corrected chi connectivity index (χ0v) is 12.4. The third-order valence-corrected chi connectivity index (χ3v) is 5.87. The van der Waals surface area contributed by atoms with Crippen molar-refractivity contribution in [3.63, 3.8) is 0 Å². The molecule has 16 heavy (non-hydrogen) atoms. The smallest absolute Gasteiger partial charge is 0.302 e. The van der Waals surface area contributed by atoms with Gasteiger partial charge in [0.25, 0.3) is 0 Å². The lowest BCUT2D eigenvalue weighted by atomic mass is 10.1. The molecule has 0 N–H and O–H groups in total. The van der Waals surface area contributed by atoms with Crippen molar-refractivity contribution in [3.8, 4) is 0 Å². The third kappa shape index (κ3) is 2.97. The Bertz CT molecular complexity index is 287. The zero-order valence-electron chi connectivity index (χ0n) is 9.22. The zero-order chi connectivity index (χ0) is 12.4. The van der Waals surface area contributed by atoms with Crippen LogP contribution in [0.2, 0.25) is 0 Å². The van der Waals surface area contributed by atoms with Gasteiger partial charge in [0.15, 0.2) is 0 Å². The molecule has 0 aromatic rings. The van der Waals surface area contributed by atoms with Crippen LogP contribution in [0.3, 0.4) is 0 Å². The van der Waals surface area contributed by atoms with Gasteiger partial charge < -0.3 is 9.47 Å². The normalized spacial score (nSPS) is 26.0. The summed E-state index contributed by atoms with van der Waals surface area (Å²) in [5, 5.41) is 0.725. The molecular formula is C10H14Br2O4. The molecule has 0 bridgehead atoms. The van der Waals surface area contributed by atoms with Crippen LogP contribution in [-0.4, -0.2) is 34.8 Å². The molecule has 1 aliphatic carbocycles. The lowest BCUT2D eigenvalue weighted by Crippen LogP contribution is -2.28. The van der Waals surface area contributed by atoms with E-state index in [4.69, 9.17) is 9.47 Å². The van der Waals surface area contributed by atoms with Gasteiger partial charge in [0.2, 0.25) is 0 Å². The Hall–Kier alpha value is -0.100. The van der Waals surface area contributed by atoms with Crippen molar-refractivity contribution in [1.82, 2.24) is 0 Å². The van der Waals surface area contributed by atoms with E-state index in [9.17, 15) is 9.59 Å². The molecule has 1 fully saturated rings. The van der Waals surface area contributed by atoms with Gasteiger partial charge in [-0.05, 0) is 6.42 Å². The summed E-state index contributed by atoms with van der Waals surface area (Å²) in [7, 11) is 0. The minimum atomic E-state index is -0.321. The molecular weight excluding hydrogens is 344 g/mol. The van der Waals surface area contributed by atoms with Gasteiger partial charge in [0.05, 0.1) is 5.41 Å². The van der Waals surface area contributed by atoms with Gasteiger partial charge in [-0.25, -0.2) is 0 Å². The Labute approximate surface area is 111 Å². The van der Waals surface area contributed by atoms with E-state index in [0.29, 0.717) is 0 Å². The number of carbonyl (C=O) groups is 2. The Morgan fingerprint density at radius 3 is 1.88 bits per heavy atom. The number of ether oxygens (including phenoxy) is 2. The summed E-state index contributed by atoms with van der Waals surface area (Å²) < 4.78 is 9.89. The lowest BCUT2D eigenvalue weighted by Gasteiger charge is -2.19. The Balaban J connectivity index is 2.58. The predicted octanol–water partition coefficient (Wildman–Crippen LogP) is 2.03. The maximum Gasteiger partial charge on any atom is 0.302 e. The standard InChI is InChI=1S/C10H14Br2O4/c1-7(13)15-5-9(6-16-8(2)14)3-10(9,12)4-11/h3-6H2,1-2H3. The van der Waals surface area contributed by atoms with Crippen molar-refractivity contribution >= 4 is 43.8 Å². The first kappa shape index (κ1) is 14.0. The van der Waals surface area contributed by atoms with Crippen LogP contribution < -0.4 is 0 Å². The van der Waals surface area contributed by atoms with Gasteiger partial charge in [-0.2, -0.15) is 0 Å². The molecule has 6 heteroatoms. The van der Waals surface area contributed by atoms with E-state index in [-0.39, 0.29) is 34.9 Å². The topological polar surface area (TPSA) is 52.6 Å². The Kier molecular flexibility index (Phi) is 4.40. The van der Waals surface area contributed by atoms with Crippen molar-refractivity contribution in [2.24, 2.45) is 5.41 Å². The molecule has 1 saturated carbocycles. The molecule has 92 valence electrons. The first-order chi connectivity index (χ1) is 7.35. The number of hydrogen-bond acceptors (Lipinski definition) is 4. The minimum absolute atomic E-state index is 0.148. The first-order valence-electron chi connectivity index (χ1n) is 4.87. The maximum atomic E-state index is 10.8. The highest BCUT2D eigenvalue weighted by molar-refractivity contribution is 9.12. The van der Waals surface area contributed by atoms with Crippen LogP contribution in [0.25, 0.3) is 0 Å². The molecule has 1 aliphatic rings. The molecule has 0 saturated heterocycles. The molecule has 0 heterocycles. The predicted molar refractivity (Wildman–Crippen MR) is 65.8 cm³/mol. The molecule has 0 aliphatic heterocycles. The molecule has 4 nitrogen and oxygen atoms in total. The van der Waals surface area contributed by atoms with Gasteiger partial charge in [0, 0.05) is 23.5 Å². The molecule has 0 radical (unpaired) electrons. The second kappa shape index (κ2) is 5.04. The number of carbonyl (C=O) groups excluding carboxylic acids is 2. The quantitative estimate of drug-likeness (QED) is 0.558. The van der Waals surface area contributed by atoms with E-state index in [2.05, 4.69) is 31.9 Å². The summed E-state index contributed by atoms with van der Waals surface area (Å²) in [5.74, 6) is -0.642. The van der Waals surface area contributed by atoms with Gasteiger partial charge in [-0.3, -0.25) is 9.59 Å². The van der Waals surface area contributed by atoms with E-state index >= 15 is 0 Å². The number of halogens is 2. The van der Waals surface area contributed by atoms with Crippen LogP contribution in [-0.2, 0) is 19.1 Å². The molecule has 1 atom stereocenters. The molecule has 1 rings (SSSR count). The van der Waals surface area contributed by atoms with E-state index in [1.54, 1.807) is 0 Å². The van der Waals surface area contributed by atoms with Gasteiger partial charge in [-0.15, -0.1) is 0 Å². The fraction of sp³-hybridized carbons (Fsp3) is 0.800. The fourth-order valence-electron chi connectivity index (χ4n) is 1.56. The van der Waals surface area contributed by atoms with Crippen molar-refractivity contribution in [3.05, 3.63) is 0 Å². The van der Waals surface area contributed by atoms with Gasteiger partial charge in [0.1, 0.15) is 13.2 Å². The highest BCUT2D eigenvalue weighted by atomic mass is 79.9. The molecule has 0 aromatic heterocycles. The van der Waals surface area contributed by atoms with Gasteiger partial charge >= 0.3 is 11.9 Å². The van der Waals surface area contributed by atoms with Crippen molar-refractivity contribution < 1.29 is 19.1 Å². The number of rotatable bonds is 5. The van der Waals surface area contributed by atoms with E-state index < -0.39 is 0 Å². The second-order valence-corrected chi connectivity index (χ2v) is 6.20. The van der Waals surface area contributed by atoms with Crippen LogP contribution in [0.5, 0.6) is 0 Å². The summed E-state index contributed by atoms with van der Waals surface area (Å²) in [6.45, 7) is 3.27. The molecule has 0 amide bonds. The minimum Gasteiger partial charge on any atom is -0.465 e. The largest absolute Gasteiger partial charge is 0.465 e. The number of alkyl halides is 2. The Morgan fingerprint density at radius 2 is 1.62 bits per heavy atom. The highest BCUT2D eigenvalue weighted by Crippen LogP contribution is 2.63. The first-order valence-corrected chi connectivity index (χ1v) is 6.78.